The Bertz CT molecular complexity index is 1020. The molecule has 1 aromatic heterocycles. The van der Waals surface area contributed by atoms with Crippen LogP contribution in [0.1, 0.15) is 26.3 Å². The van der Waals surface area contributed by atoms with Crippen molar-refractivity contribution < 1.29 is 9.59 Å². The number of nitrogens with zero attached hydrogens (tertiary/aromatic N) is 2. The zero-order chi connectivity index (χ0) is 19.4. The summed E-state index contributed by atoms with van der Waals surface area (Å²) >= 11 is 0. The molecule has 3 aromatic rings. The molecule has 136 valence electrons. The summed E-state index contributed by atoms with van der Waals surface area (Å²) in [7, 11) is 0. The number of hydrogen-bond acceptors (Lipinski definition) is 6. The minimum Gasteiger partial charge on any atom is -0.366 e. The van der Waals surface area contributed by atoms with Crippen molar-refractivity contribution in [2.75, 3.05) is 10.6 Å². The molecule has 0 fully saturated rings. The predicted octanol–water partition coefficient (Wildman–Crippen LogP) is 2.47. The van der Waals surface area contributed by atoms with Crippen LogP contribution in [0, 0.1) is 6.92 Å². The molecule has 27 heavy (non-hydrogen) atoms. The van der Waals surface area contributed by atoms with E-state index in [0.29, 0.717) is 34.3 Å². The van der Waals surface area contributed by atoms with Crippen LogP contribution in [0.3, 0.4) is 0 Å². The first-order chi connectivity index (χ1) is 12.9. The number of primary amides is 2. The fraction of sp³-hybridized carbons (Fsp3) is 0.0526. The Morgan fingerprint density at radius 3 is 2.41 bits per heavy atom. The van der Waals surface area contributed by atoms with Gasteiger partial charge in [-0.15, -0.1) is 0 Å². The topological polar surface area (TPSA) is 136 Å². The van der Waals surface area contributed by atoms with Crippen LogP contribution in [0.2, 0.25) is 0 Å². The summed E-state index contributed by atoms with van der Waals surface area (Å²) in [5.74, 6) is -0.147. The second-order valence-corrected chi connectivity index (χ2v) is 5.85. The van der Waals surface area contributed by atoms with Gasteiger partial charge in [-0.25, -0.2) is 4.98 Å². The molecule has 1 heterocycles. The lowest BCUT2D eigenvalue weighted by atomic mass is 10.1. The van der Waals surface area contributed by atoms with Gasteiger partial charge in [0.2, 0.25) is 17.8 Å². The minimum absolute atomic E-state index is 0.338. The minimum atomic E-state index is -0.514. The Kier molecular flexibility index (Phi) is 4.98. The Hall–Kier alpha value is -3.94. The summed E-state index contributed by atoms with van der Waals surface area (Å²) in [6.07, 6.45) is 1.59. The van der Waals surface area contributed by atoms with Crippen molar-refractivity contribution in [3.05, 3.63) is 71.4 Å². The number of benzene rings is 2. The number of carbonyl (C=O) groups excluding carboxylic acids is 2. The van der Waals surface area contributed by atoms with Crippen molar-refractivity contribution in [2.45, 2.75) is 6.92 Å². The summed E-state index contributed by atoms with van der Waals surface area (Å²) in [6, 6.07) is 13.6. The average molecular weight is 362 g/mol. The lowest BCUT2D eigenvalue weighted by molar-refractivity contribution is 0.0992. The van der Waals surface area contributed by atoms with Gasteiger partial charge in [-0.3, -0.25) is 9.59 Å². The van der Waals surface area contributed by atoms with Crippen LogP contribution in [0.15, 0.2) is 54.7 Å². The quantitative estimate of drug-likeness (QED) is 0.532. The zero-order valence-electron chi connectivity index (χ0n) is 14.6. The third-order valence-electron chi connectivity index (χ3n) is 3.84. The van der Waals surface area contributed by atoms with Gasteiger partial charge in [0.1, 0.15) is 5.82 Å². The summed E-state index contributed by atoms with van der Waals surface area (Å²) in [6.45, 7) is 1.91. The molecule has 6 N–H and O–H groups in total. The Labute approximate surface area is 155 Å². The van der Waals surface area contributed by atoms with Gasteiger partial charge >= 0.3 is 0 Å². The molecule has 0 saturated heterocycles. The fourth-order valence-corrected chi connectivity index (χ4v) is 2.42. The molecule has 0 aliphatic carbocycles. The van der Waals surface area contributed by atoms with Crippen LogP contribution in [0.5, 0.6) is 0 Å². The number of nitrogens with two attached hydrogens (primary N) is 2. The number of amides is 2. The van der Waals surface area contributed by atoms with E-state index < -0.39 is 11.8 Å². The van der Waals surface area contributed by atoms with E-state index in [9.17, 15) is 9.59 Å². The molecule has 2 aromatic carbocycles. The van der Waals surface area contributed by atoms with Crippen molar-refractivity contribution in [3.63, 3.8) is 0 Å². The van der Waals surface area contributed by atoms with Gasteiger partial charge < -0.3 is 22.1 Å². The lowest BCUT2D eigenvalue weighted by Crippen LogP contribution is -2.11. The number of aryl methyl sites for hydroxylation is 1. The normalized spacial score (nSPS) is 10.3. The first-order valence-corrected chi connectivity index (χ1v) is 8.10. The predicted molar refractivity (Wildman–Crippen MR) is 103 cm³/mol. The van der Waals surface area contributed by atoms with E-state index in [1.165, 1.54) is 0 Å². The van der Waals surface area contributed by atoms with Crippen molar-refractivity contribution in [2.24, 2.45) is 11.5 Å². The summed E-state index contributed by atoms with van der Waals surface area (Å²) < 4.78 is 0. The molecule has 8 nitrogen and oxygen atoms in total. The molecule has 0 bridgehead atoms. The molecule has 0 spiro atoms. The zero-order valence-corrected chi connectivity index (χ0v) is 14.6. The summed E-state index contributed by atoms with van der Waals surface area (Å²) in [5, 5.41) is 6.18. The van der Waals surface area contributed by atoms with Crippen LogP contribution < -0.4 is 22.1 Å². The molecule has 0 atom stereocenters. The van der Waals surface area contributed by atoms with Crippen LogP contribution >= 0.6 is 0 Å². The van der Waals surface area contributed by atoms with Crippen LogP contribution in [0.25, 0.3) is 0 Å². The van der Waals surface area contributed by atoms with E-state index in [-0.39, 0.29) is 0 Å². The van der Waals surface area contributed by atoms with E-state index in [1.54, 1.807) is 54.7 Å². The molecule has 8 heteroatoms. The van der Waals surface area contributed by atoms with Gasteiger partial charge in [0.15, 0.2) is 0 Å². The van der Waals surface area contributed by atoms with Gasteiger partial charge in [0, 0.05) is 28.7 Å². The second-order valence-electron chi connectivity index (χ2n) is 5.85. The highest BCUT2D eigenvalue weighted by Gasteiger charge is 2.07. The van der Waals surface area contributed by atoms with Crippen molar-refractivity contribution >= 4 is 35.0 Å². The van der Waals surface area contributed by atoms with Crippen LogP contribution in [-0.2, 0) is 0 Å². The van der Waals surface area contributed by atoms with Crippen molar-refractivity contribution in [1.82, 2.24) is 9.97 Å². The number of hydrogen-bond donors (Lipinski definition) is 4. The first kappa shape index (κ1) is 17.9. The third kappa shape index (κ3) is 4.37. The number of carbonyl (C=O) groups is 2. The van der Waals surface area contributed by atoms with Crippen molar-refractivity contribution in [1.29, 1.82) is 0 Å². The van der Waals surface area contributed by atoms with Crippen molar-refractivity contribution in [3.8, 4) is 0 Å². The fourth-order valence-electron chi connectivity index (χ4n) is 2.42. The van der Waals surface area contributed by atoms with Gasteiger partial charge in [0.25, 0.3) is 0 Å². The molecular weight excluding hydrogens is 344 g/mol. The molecule has 0 radical (unpaired) electrons. The number of nitrogens with one attached hydrogen (secondary N) is 2. The highest BCUT2D eigenvalue weighted by molar-refractivity contribution is 5.94. The molecule has 0 saturated carbocycles. The smallest absolute Gasteiger partial charge is 0.248 e. The molecule has 2 amide bonds. The number of anilines is 4. The highest BCUT2D eigenvalue weighted by atomic mass is 16.1. The van der Waals surface area contributed by atoms with Gasteiger partial charge in [-0.05, 0) is 48.9 Å². The number of rotatable bonds is 6. The molecule has 3 rings (SSSR count). The van der Waals surface area contributed by atoms with E-state index in [2.05, 4.69) is 20.6 Å². The van der Waals surface area contributed by atoms with E-state index in [4.69, 9.17) is 11.5 Å². The SMILES string of the molecule is Cc1ccc(C(N)=O)cc1Nc1ccnc(Nc2cccc(C(N)=O)c2)n1. The maximum atomic E-state index is 11.4. The van der Waals surface area contributed by atoms with E-state index in [0.717, 1.165) is 5.56 Å². The molecular formula is C19H18N6O2. The molecule has 0 aliphatic rings. The van der Waals surface area contributed by atoms with E-state index >= 15 is 0 Å². The van der Waals surface area contributed by atoms with Gasteiger partial charge in [0.05, 0.1) is 0 Å². The van der Waals surface area contributed by atoms with Crippen LogP contribution in [-0.4, -0.2) is 21.8 Å². The van der Waals surface area contributed by atoms with Crippen LogP contribution in [0.4, 0.5) is 23.1 Å². The Morgan fingerprint density at radius 2 is 1.67 bits per heavy atom. The monoisotopic (exact) mass is 362 g/mol. The average Bonchev–Trinajstić information content (AvgIpc) is 2.64. The number of aromatic nitrogens is 2. The Morgan fingerprint density at radius 1 is 0.926 bits per heavy atom. The second kappa shape index (κ2) is 7.52. The van der Waals surface area contributed by atoms with Gasteiger partial charge in [-0.1, -0.05) is 12.1 Å². The Balaban J connectivity index is 1.82. The maximum Gasteiger partial charge on any atom is 0.248 e. The third-order valence-corrected chi connectivity index (χ3v) is 3.84. The van der Waals surface area contributed by atoms with E-state index in [1.807, 2.05) is 6.92 Å². The highest BCUT2D eigenvalue weighted by Crippen LogP contribution is 2.22. The molecule has 0 unspecified atom stereocenters. The standard InChI is InChI=1S/C19H18N6O2/c1-11-5-6-13(18(21)27)10-15(11)24-16-7-8-22-19(25-16)23-14-4-2-3-12(9-14)17(20)26/h2-10H,1H3,(H2,20,26)(H2,21,27)(H2,22,23,24,25). The summed E-state index contributed by atoms with van der Waals surface area (Å²) in [5.41, 5.74) is 13.7. The lowest BCUT2D eigenvalue weighted by Gasteiger charge is -2.11. The summed E-state index contributed by atoms with van der Waals surface area (Å²) in [4.78, 5) is 31.2. The molecule has 0 aliphatic heterocycles. The maximum absolute atomic E-state index is 11.4. The first-order valence-electron chi connectivity index (χ1n) is 8.10. The largest absolute Gasteiger partial charge is 0.366 e. The van der Waals surface area contributed by atoms with Gasteiger partial charge in [-0.2, -0.15) is 4.98 Å².